The van der Waals surface area contributed by atoms with Crippen molar-refractivity contribution in [1.82, 2.24) is 4.98 Å². The van der Waals surface area contributed by atoms with Crippen LogP contribution in [0.5, 0.6) is 0 Å². The predicted molar refractivity (Wildman–Crippen MR) is 49.1 cm³/mol. The third kappa shape index (κ3) is 1.03. The Kier molecular flexibility index (Phi) is 1.43. The third-order valence-corrected chi connectivity index (χ3v) is 2.63. The highest BCUT2D eigenvalue weighted by Gasteiger charge is 1.99. The van der Waals surface area contributed by atoms with Crippen LogP contribution in [-0.4, -0.2) is 4.98 Å². The lowest BCUT2D eigenvalue weighted by Gasteiger charge is -1.96. The van der Waals surface area contributed by atoms with E-state index in [9.17, 15) is 0 Å². The Morgan fingerprint density at radius 3 is 3.00 bits per heavy atom. The fraction of sp³-hybridized carbons (Fsp3) is 0.222. The summed E-state index contributed by atoms with van der Waals surface area (Å²) < 4.78 is 1.34. The number of aryl methyl sites for hydroxylation is 2. The van der Waals surface area contributed by atoms with Gasteiger partial charge in [0.25, 0.3) is 0 Å². The normalized spacial score (nSPS) is 10.7. The predicted octanol–water partition coefficient (Wildman–Crippen LogP) is 2.91. The van der Waals surface area contributed by atoms with Gasteiger partial charge < -0.3 is 0 Å². The Morgan fingerprint density at radius 1 is 1.36 bits per heavy atom. The lowest BCUT2D eigenvalue weighted by atomic mass is 10.2. The fourth-order valence-electron chi connectivity index (χ4n) is 1.28. The first kappa shape index (κ1) is 6.80. The molecular weight excluding hydrogens is 154 g/mol. The first-order valence-corrected chi connectivity index (χ1v) is 4.47. The van der Waals surface area contributed by atoms with E-state index >= 15 is 0 Å². The zero-order valence-corrected chi connectivity index (χ0v) is 7.40. The summed E-state index contributed by atoms with van der Waals surface area (Å²) in [6, 6.07) is 4.26. The second-order valence-corrected chi connectivity index (χ2v) is 3.63. The number of aromatic nitrogens is 1. The van der Waals surface area contributed by atoms with Gasteiger partial charge in [0.2, 0.25) is 0 Å². The van der Waals surface area contributed by atoms with E-state index in [2.05, 4.69) is 29.4 Å². The van der Waals surface area contributed by atoms with Crippen molar-refractivity contribution >= 4 is 21.4 Å². The molecule has 0 saturated carbocycles. The van der Waals surface area contributed by atoms with Gasteiger partial charge in [-0.3, -0.25) is 4.98 Å². The van der Waals surface area contributed by atoms with E-state index in [0.717, 1.165) is 11.4 Å². The van der Waals surface area contributed by atoms with Gasteiger partial charge in [-0.25, -0.2) is 0 Å². The number of pyridine rings is 1. The minimum atomic E-state index is 1.11. The van der Waals surface area contributed by atoms with Gasteiger partial charge in [-0.15, -0.1) is 11.3 Å². The van der Waals surface area contributed by atoms with Crippen molar-refractivity contribution in [1.29, 1.82) is 0 Å². The zero-order chi connectivity index (χ0) is 7.84. The van der Waals surface area contributed by atoms with Gasteiger partial charge in [-0.05, 0) is 31.4 Å². The average molecular weight is 163 g/mol. The summed E-state index contributed by atoms with van der Waals surface area (Å²) in [4.78, 5) is 4.38. The largest absolute Gasteiger partial charge is 0.258 e. The van der Waals surface area contributed by atoms with Crippen LogP contribution >= 0.6 is 11.3 Å². The van der Waals surface area contributed by atoms with E-state index in [1.54, 1.807) is 11.3 Å². The molecule has 0 fully saturated rings. The van der Waals surface area contributed by atoms with Crippen LogP contribution in [0.25, 0.3) is 10.1 Å². The summed E-state index contributed by atoms with van der Waals surface area (Å²) in [7, 11) is 0. The molecule has 0 aromatic carbocycles. The molecule has 1 nitrogen and oxygen atoms in total. The molecule has 2 aromatic rings. The molecule has 2 heteroatoms. The molecule has 0 unspecified atom stereocenters. The summed E-state index contributed by atoms with van der Waals surface area (Å²) >= 11 is 1.78. The molecule has 2 aromatic heterocycles. The van der Waals surface area contributed by atoms with Gasteiger partial charge in [0.15, 0.2) is 0 Å². The minimum absolute atomic E-state index is 1.11. The smallest absolute Gasteiger partial charge is 0.0462 e. The van der Waals surface area contributed by atoms with E-state index < -0.39 is 0 Å². The van der Waals surface area contributed by atoms with Gasteiger partial charge in [-0.1, -0.05) is 0 Å². The van der Waals surface area contributed by atoms with Crippen LogP contribution in [0.4, 0.5) is 0 Å². The topological polar surface area (TPSA) is 12.9 Å². The summed E-state index contributed by atoms with van der Waals surface area (Å²) in [6.07, 6.45) is 0. The number of rotatable bonds is 0. The maximum absolute atomic E-state index is 4.38. The summed E-state index contributed by atoms with van der Waals surface area (Å²) in [6.45, 7) is 4.09. The van der Waals surface area contributed by atoms with Gasteiger partial charge in [0, 0.05) is 21.5 Å². The molecule has 56 valence electrons. The maximum Gasteiger partial charge on any atom is 0.0462 e. The van der Waals surface area contributed by atoms with Crippen LogP contribution < -0.4 is 0 Å². The Hall–Kier alpha value is -0.890. The van der Waals surface area contributed by atoms with Crippen molar-refractivity contribution in [3.8, 4) is 0 Å². The third-order valence-electron chi connectivity index (χ3n) is 1.77. The number of thiophene rings is 1. The molecule has 0 atom stereocenters. The highest BCUT2D eigenvalue weighted by atomic mass is 32.1. The van der Waals surface area contributed by atoms with Crippen molar-refractivity contribution in [3.05, 3.63) is 28.9 Å². The second kappa shape index (κ2) is 2.31. The minimum Gasteiger partial charge on any atom is -0.258 e. The fourth-order valence-corrected chi connectivity index (χ4v) is 2.21. The molecular formula is C9H9NS. The van der Waals surface area contributed by atoms with Crippen molar-refractivity contribution in [2.24, 2.45) is 0 Å². The number of hydrogen-bond donors (Lipinski definition) is 0. The lowest BCUT2D eigenvalue weighted by Crippen LogP contribution is -1.84. The molecule has 0 bridgehead atoms. The number of fused-ring (bicyclic) bond motifs is 1. The summed E-state index contributed by atoms with van der Waals surface area (Å²) in [5.41, 5.74) is 2.25. The van der Waals surface area contributed by atoms with Gasteiger partial charge in [-0.2, -0.15) is 0 Å². The van der Waals surface area contributed by atoms with Crippen LogP contribution in [0.3, 0.4) is 0 Å². The van der Waals surface area contributed by atoms with Crippen molar-refractivity contribution in [2.75, 3.05) is 0 Å². The SMILES string of the molecule is Cc1cc2sccc2c(C)n1. The molecule has 0 N–H and O–H groups in total. The Bertz CT molecular complexity index is 389. The van der Waals surface area contributed by atoms with Crippen LogP contribution in [0, 0.1) is 13.8 Å². The lowest BCUT2D eigenvalue weighted by molar-refractivity contribution is 1.15. The van der Waals surface area contributed by atoms with E-state index in [4.69, 9.17) is 0 Å². The van der Waals surface area contributed by atoms with E-state index in [1.165, 1.54) is 10.1 Å². The van der Waals surface area contributed by atoms with Crippen LogP contribution in [0.2, 0.25) is 0 Å². The molecule has 2 heterocycles. The Morgan fingerprint density at radius 2 is 2.18 bits per heavy atom. The summed E-state index contributed by atoms with van der Waals surface area (Å²) in [5, 5.41) is 3.40. The zero-order valence-electron chi connectivity index (χ0n) is 6.59. The average Bonchev–Trinajstić information content (AvgIpc) is 2.34. The van der Waals surface area contributed by atoms with Crippen molar-refractivity contribution < 1.29 is 0 Å². The quantitative estimate of drug-likeness (QED) is 0.582. The Labute approximate surface area is 69.7 Å². The molecule has 0 radical (unpaired) electrons. The van der Waals surface area contributed by atoms with E-state index in [1.807, 2.05) is 6.92 Å². The molecule has 0 aliphatic heterocycles. The van der Waals surface area contributed by atoms with E-state index in [-0.39, 0.29) is 0 Å². The van der Waals surface area contributed by atoms with Gasteiger partial charge in [0.1, 0.15) is 0 Å². The molecule has 0 amide bonds. The summed E-state index contributed by atoms with van der Waals surface area (Å²) in [5.74, 6) is 0. The molecule has 0 spiro atoms. The van der Waals surface area contributed by atoms with Crippen LogP contribution in [0.15, 0.2) is 17.5 Å². The molecule has 0 aliphatic rings. The molecule has 0 saturated heterocycles. The van der Waals surface area contributed by atoms with E-state index in [0.29, 0.717) is 0 Å². The first-order valence-electron chi connectivity index (χ1n) is 3.59. The van der Waals surface area contributed by atoms with Crippen molar-refractivity contribution in [2.45, 2.75) is 13.8 Å². The maximum atomic E-state index is 4.38. The first-order chi connectivity index (χ1) is 5.27. The van der Waals surface area contributed by atoms with Gasteiger partial charge in [0.05, 0.1) is 0 Å². The standard InChI is InChI=1S/C9H9NS/c1-6-5-9-8(3-4-11-9)7(2)10-6/h3-5H,1-2H3. The van der Waals surface area contributed by atoms with Crippen LogP contribution in [-0.2, 0) is 0 Å². The monoisotopic (exact) mass is 163 g/mol. The highest BCUT2D eigenvalue weighted by Crippen LogP contribution is 2.22. The number of nitrogens with zero attached hydrogens (tertiary/aromatic N) is 1. The second-order valence-electron chi connectivity index (χ2n) is 2.68. The molecule has 11 heavy (non-hydrogen) atoms. The molecule has 0 aliphatic carbocycles. The van der Waals surface area contributed by atoms with Crippen LogP contribution in [0.1, 0.15) is 11.4 Å². The van der Waals surface area contributed by atoms with Crippen molar-refractivity contribution in [3.63, 3.8) is 0 Å². The molecule has 2 rings (SSSR count). The van der Waals surface area contributed by atoms with Gasteiger partial charge >= 0.3 is 0 Å². The Balaban J connectivity index is 2.91. The highest BCUT2D eigenvalue weighted by molar-refractivity contribution is 7.17. The number of hydrogen-bond acceptors (Lipinski definition) is 2.